The zero-order chi connectivity index (χ0) is 16.0. The minimum Gasteiger partial charge on any atom is -0.0812 e. The maximum absolute atomic E-state index is 2.50. The van der Waals surface area contributed by atoms with E-state index in [1.807, 2.05) is 0 Å². The lowest BCUT2D eigenvalue weighted by atomic mass is 9.74. The molecule has 1 aliphatic carbocycles. The SMILES string of the molecule is Cc1cc(C)c(C)c(C(C)(C)C2=CC([Si](C)(C)C)=CC2)c1. The Bertz CT molecular complexity index is 622. The molecule has 0 nitrogen and oxygen atoms in total. The summed E-state index contributed by atoms with van der Waals surface area (Å²) in [7, 11) is -1.20. The normalized spacial score (nSPS) is 16.0. The van der Waals surface area contributed by atoms with Gasteiger partial charge in [0.15, 0.2) is 0 Å². The van der Waals surface area contributed by atoms with Gasteiger partial charge in [0.05, 0.1) is 8.07 Å². The largest absolute Gasteiger partial charge is 0.0812 e. The molecule has 0 atom stereocenters. The van der Waals surface area contributed by atoms with Crippen molar-refractivity contribution in [3.63, 3.8) is 0 Å². The molecule has 0 aliphatic heterocycles. The number of hydrogen-bond acceptors (Lipinski definition) is 0. The van der Waals surface area contributed by atoms with Gasteiger partial charge in [-0.25, -0.2) is 0 Å². The highest BCUT2D eigenvalue weighted by Gasteiger charge is 2.31. The molecular weight excluding hydrogens is 268 g/mol. The first-order chi connectivity index (χ1) is 9.53. The van der Waals surface area contributed by atoms with E-state index in [1.54, 1.807) is 10.8 Å². The van der Waals surface area contributed by atoms with E-state index in [0.717, 1.165) is 6.42 Å². The molecule has 0 bridgehead atoms. The van der Waals surface area contributed by atoms with Crippen molar-refractivity contribution >= 4 is 8.07 Å². The van der Waals surface area contributed by atoms with Crippen LogP contribution in [0.1, 0.15) is 42.5 Å². The van der Waals surface area contributed by atoms with Crippen molar-refractivity contribution in [2.75, 3.05) is 0 Å². The highest BCUT2D eigenvalue weighted by molar-refractivity contribution is 6.83. The van der Waals surface area contributed by atoms with E-state index in [0.29, 0.717) is 0 Å². The molecule has 0 aromatic heterocycles. The molecule has 1 aromatic rings. The van der Waals surface area contributed by atoms with Gasteiger partial charge in [0.25, 0.3) is 0 Å². The Kier molecular flexibility index (Phi) is 4.09. The standard InChI is InChI=1S/C20H30Si/c1-14-11-15(2)16(3)19(12-14)20(4,5)17-9-10-18(13-17)21(6,7)8/h10-13H,9H2,1-8H3. The van der Waals surface area contributed by atoms with Gasteiger partial charge in [-0.05, 0) is 43.9 Å². The quantitative estimate of drug-likeness (QED) is 0.598. The summed E-state index contributed by atoms with van der Waals surface area (Å²) >= 11 is 0. The average Bonchev–Trinajstić information content (AvgIpc) is 2.83. The average molecular weight is 299 g/mol. The van der Waals surface area contributed by atoms with Crippen LogP contribution in [-0.2, 0) is 5.41 Å². The summed E-state index contributed by atoms with van der Waals surface area (Å²) in [5.41, 5.74) is 7.43. The van der Waals surface area contributed by atoms with Crippen molar-refractivity contribution in [1.29, 1.82) is 0 Å². The Morgan fingerprint density at radius 2 is 1.62 bits per heavy atom. The summed E-state index contributed by atoms with van der Waals surface area (Å²) in [6.07, 6.45) is 6.10. The van der Waals surface area contributed by atoms with Gasteiger partial charge in [-0.1, -0.05) is 74.1 Å². The minimum absolute atomic E-state index is 0.124. The van der Waals surface area contributed by atoms with Crippen LogP contribution in [0, 0.1) is 20.8 Å². The lowest BCUT2D eigenvalue weighted by Gasteiger charge is -2.30. The monoisotopic (exact) mass is 298 g/mol. The zero-order valence-electron chi connectivity index (χ0n) is 15.0. The minimum atomic E-state index is -1.20. The molecule has 0 unspecified atom stereocenters. The first kappa shape index (κ1) is 16.3. The second kappa shape index (κ2) is 5.28. The van der Waals surface area contributed by atoms with Crippen molar-refractivity contribution in [1.82, 2.24) is 0 Å². The molecule has 0 fully saturated rings. The van der Waals surface area contributed by atoms with Crippen LogP contribution in [0.5, 0.6) is 0 Å². The number of aryl methyl sites for hydroxylation is 2. The number of rotatable bonds is 3. The van der Waals surface area contributed by atoms with Crippen molar-refractivity contribution in [2.45, 2.75) is 66.1 Å². The van der Waals surface area contributed by atoms with Crippen LogP contribution in [0.2, 0.25) is 19.6 Å². The van der Waals surface area contributed by atoms with Crippen molar-refractivity contribution in [3.8, 4) is 0 Å². The maximum atomic E-state index is 2.50. The van der Waals surface area contributed by atoms with E-state index in [1.165, 1.54) is 22.3 Å². The molecule has 0 N–H and O–H groups in total. The third-order valence-corrected chi connectivity index (χ3v) is 7.11. The molecule has 21 heavy (non-hydrogen) atoms. The van der Waals surface area contributed by atoms with Gasteiger partial charge in [0, 0.05) is 5.41 Å². The number of allylic oxidation sites excluding steroid dienone is 4. The second-order valence-electron chi connectivity index (χ2n) is 8.16. The van der Waals surface area contributed by atoms with Crippen LogP contribution in [0.4, 0.5) is 0 Å². The second-order valence-corrected chi connectivity index (χ2v) is 13.2. The molecule has 0 spiro atoms. The van der Waals surface area contributed by atoms with Crippen molar-refractivity contribution in [2.24, 2.45) is 0 Å². The fourth-order valence-electron chi connectivity index (χ4n) is 3.35. The summed E-state index contributed by atoms with van der Waals surface area (Å²) in [6.45, 7) is 18.8. The van der Waals surface area contributed by atoms with Gasteiger partial charge >= 0.3 is 0 Å². The first-order valence-electron chi connectivity index (χ1n) is 8.03. The highest BCUT2D eigenvalue weighted by atomic mass is 28.3. The third-order valence-electron chi connectivity index (χ3n) is 5.03. The fourth-order valence-corrected chi connectivity index (χ4v) is 4.67. The molecule has 0 saturated carbocycles. The van der Waals surface area contributed by atoms with Crippen LogP contribution >= 0.6 is 0 Å². The molecule has 2 rings (SSSR count). The van der Waals surface area contributed by atoms with Crippen LogP contribution in [-0.4, -0.2) is 8.07 Å². The topological polar surface area (TPSA) is 0 Å². The van der Waals surface area contributed by atoms with Gasteiger partial charge in [-0.15, -0.1) is 0 Å². The van der Waals surface area contributed by atoms with Crippen LogP contribution in [0.15, 0.2) is 35.1 Å². The fraction of sp³-hybridized carbons (Fsp3) is 0.500. The lowest BCUT2D eigenvalue weighted by Crippen LogP contribution is -2.23. The molecule has 1 aliphatic rings. The molecular formula is C20H30Si. The predicted molar refractivity (Wildman–Crippen MR) is 97.8 cm³/mol. The summed E-state index contributed by atoms with van der Waals surface area (Å²) in [6, 6.07) is 4.68. The molecule has 0 amide bonds. The van der Waals surface area contributed by atoms with E-state index in [-0.39, 0.29) is 5.41 Å². The highest BCUT2D eigenvalue weighted by Crippen LogP contribution is 2.41. The Morgan fingerprint density at radius 1 is 1.00 bits per heavy atom. The van der Waals surface area contributed by atoms with E-state index in [2.05, 4.69) is 78.5 Å². The Hall–Kier alpha value is -1.08. The smallest absolute Gasteiger partial charge is 0.0771 e. The van der Waals surface area contributed by atoms with Gasteiger partial charge in [0.1, 0.15) is 0 Å². The van der Waals surface area contributed by atoms with Gasteiger partial charge in [-0.2, -0.15) is 0 Å². The molecule has 1 heteroatoms. The third kappa shape index (κ3) is 3.08. The summed E-state index contributed by atoms with van der Waals surface area (Å²) < 4.78 is 0. The van der Waals surface area contributed by atoms with Gasteiger partial charge in [-0.3, -0.25) is 0 Å². The Balaban J connectivity index is 2.46. The van der Waals surface area contributed by atoms with Gasteiger partial charge in [0.2, 0.25) is 0 Å². The molecule has 0 heterocycles. The maximum Gasteiger partial charge on any atom is 0.0771 e. The van der Waals surface area contributed by atoms with Crippen molar-refractivity contribution in [3.05, 3.63) is 57.3 Å². The Morgan fingerprint density at radius 3 is 2.14 bits per heavy atom. The molecule has 0 radical (unpaired) electrons. The van der Waals surface area contributed by atoms with E-state index >= 15 is 0 Å². The first-order valence-corrected chi connectivity index (χ1v) is 11.5. The summed E-state index contributed by atoms with van der Waals surface area (Å²) in [5.74, 6) is 0. The van der Waals surface area contributed by atoms with E-state index in [9.17, 15) is 0 Å². The predicted octanol–water partition coefficient (Wildman–Crippen LogP) is 6.02. The number of benzene rings is 1. The number of hydrogen-bond donors (Lipinski definition) is 0. The van der Waals surface area contributed by atoms with Crippen LogP contribution in [0.25, 0.3) is 0 Å². The Labute approximate surface area is 132 Å². The van der Waals surface area contributed by atoms with Crippen LogP contribution < -0.4 is 0 Å². The lowest BCUT2D eigenvalue weighted by molar-refractivity contribution is 0.608. The zero-order valence-corrected chi connectivity index (χ0v) is 16.0. The summed E-state index contributed by atoms with van der Waals surface area (Å²) in [4.78, 5) is 0. The van der Waals surface area contributed by atoms with E-state index < -0.39 is 8.07 Å². The van der Waals surface area contributed by atoms with E-state index in [4.69, 9.17) is 0 Å². The molecule has 114 valence electrons. The van der Waals surface area contributed by atoms with Gasteiger partial charge < -0.3 is 0 Å². The molecule has 1 aromatic carbocycles. The molecule has 0 saturated heterocycles. The van der Waals surface area contributed by atoms with Crippen LogP contribution in [0.3, 0.4) is 0 Å². The van der Waals surface area contributed by atoms with Crippen molar-refractivity contribution < 1.29 is 0 Å². The summed E-state index contributed by atoms with van der Waals surface area (Å²) in [5, 5.41) is 1.62.